The molecule has 1 aromatic heterocycles. The smallest absolute Gasteiger partial charge is 0.338 e. The average molecular weight is 366 g/mol. The molecule has 0 amide bonds. The van der Waals surface area contributed by atoms with Crippen LogP contribution < -0.4 is 0 Å². The quantitative estimate of drug-likeness (QED) is 0.485. The molecule has 0 unspecified atom stereocenters. The third-order valence-corrected chi connectivity index (χ3v) is 4.45. The number of aromatic nitrogens is 1. The zero-order chi connectivity index (χ0) is 17.1. The molecule has 24 heavy (non-hydrogen) atoms. The molecular weight excluding hydrogens is 352 g/mol. The second kappa shape index (κ2) is 7.24. The number of ether oxygens (including phenoxy) is 1. The fourth-order valence-electron chi connectivity index (χ4n) is 2.49. The fraction of sp³-hybridized carbons (Fsp3) is 0.167. The maximum atomic E-state index is 13.3. The molecule has 1 heterocycles. The highest BCUT2D eigenvalue weighted by Gasteiger charge is 2.10. The van der Waals surface area contributed by atoms with E-state index in [2.05, 4.69) is 4.98 Å². The lowest BCUT2D eigenvalue weighted by molar-refractivity contribution is 0.0500. The molecule has 0 aliphatic carbocycles. The monoisotopic (exact) mass is 365 g/mol. The first-order chi connectivity index (χ1) is 11.5. The number of halogens is 3. The Morgan fingerprint density at radius 2 is 1.96 bits per heavy atom. The van der Waals surface area contributed by atoms with Crippen molar-refractivity contribution >= 4 is 40.1 Å². The van der Waals surface area contributed by atoms with Crippen molar-refractivity contribution < 1.29 is 13.9 Å². The summed E-state index contributed by atoms with van der Waals surface area (Å²) in [6.45, 7) is 0.265. The van der Waals surface area contributed by atoms with Crippen LogP contribution in [-0.4, -0.2) is 17.6 Å². The number of carbonyl (C=O) groups is 1. The zero-order valence-corrected chi connectivity index (χ0v) is 14.1. The van der Waals surface area contributed by atoms with E-state index >= 15 is 0 Å². The molecule has 0 atom stereocenters. The summed E-state index contributed by atoms with van der Waals surface area (Å²) in [5.74, 6) is -0.715. The van der Waals surface area contributed by atoms with Gasteiger partial charge in [0.15, 0.2) is 0 Å². The number of benzene rings is 2. The normalized spacial score (nSPS) is 11.0. The Kier molecular flexibility index (Phi) is 5.07. The van der Waals surface area contributed by atoms with Crippen LogP contribution in [0.5, 0.6) is 0 Å². The predicted octanol–water partition coefficient (Wildman–Crippen LogP) is 5.40. The Labute approximate surface area is 148 Å². The summed E-state index contributed by atoms with van der Waals surface area (Å²) >= 11 is 11.7. The number of fused-ring (bicyclic) bond motifs is 1. The van der Waals surface area contributed by atoms with Gasteiger partial charge >= 0.3 is 5.97 Å². The molecule has 3 nitrogen and oxygen atoms in total. The summed E-state index contributed by atoms with van der Waals surface area (Å²) in [7, 11) is 0. The third-order valence-electron chi connectivity index (χ3n) is 3.71. The number of hydrogen-bond acceptors (Lipinski definition) is 2. The van der Waals surface area contributed by atoms with E-state index in [0.717, 1.165) is 16.5 Å². The number of aromatic amines is 1. The number of aryl methyl sites for hydroxylation is 1. The lowest BCUT2D eigenvalue weighted by Gasteiger charge is -2.05. The number of carbonyl (C=O) groups excluding carboxylic acids is 1. The maximum Gasteiger partial charge on any atom is 0.338 e. The molecule has 1 N–H and O–H groups in total. The second-order valence-electron chi connectivity index (χ2n) is 5.37. The highest BCUT2D eigenvalue weighted by atomic mass is 35.5. The van der Waals surface area contributed by atoms with Gasteiger partial charge in [0.2, 0.25) is 0 Å². The first-order valence-corrected chi connectivity index (χ1v) is 8.18. The Balaban J connectivity index is 1.55. The van der Waals surface area contributed by atoms with Crippen LogP contribution in [0, 0.1) is 5.82 Å². The van der Waals surface area contributed by atoms with Crippen LogP contribution in [0.4, 0.5) is 4.39 Å². The van der Waals surface area contributed by atoms with E-state index in [1.54, 1.807) is 18.2 Å². The van der Waals surface area contributed by atoms with Crippen LogP contribution in [-0.2, 0) is 11.2 Å². The lowest BCUT2D eigenvalue weighted by atomic mass is 10.1. The third kappa shape index (κ3) is 3.71. The van der Waals surface area contributed by atoms with Gasteiger partial charge in [-0.2, -0.15) is 0 Å². The van der Waals surface area contributed by atoms with E-state index in [9.17, 15) is 9.18 Å². The number of esters is 1. The summed E-state index contributed by atoms with van der Waals surface area (Å²) < 4.78 is 18.6. The highest BCUT2D eigenvalue weighted by Crippen LogP contribution is 2.23. The summed E-state index contributed by atoms with van der Waals surface area (Å²) in [5, 5.41) is 1.55. The Morgan fingerprint density at radius 1 is 1.12 bits per heavy atom. The van der Waals surface area contributed by atoms with Gasteiger partial charge in [0.1, 0.15) is 5.82 Å². The maximum absolute atomic E-state index is 13.3. The van der Waals surface area contributed by atoms with Gasteiger partial charge in [0, 0.05) is 17.1 Å². The molecule has 2 aromatic carbocycles. The van der Waals surface area contributed by atoms with E-state index in [4.69, 9.17) is 27.9 Å². The van der Waals surface area contributed by atoms with E-state index in [1.165, 1.54) is 18.2 Å². The van der Waals surface area contributed by atoms with Gasteiger partial charge in [0.25, 0.3) is 0 Å². The molecule has 0 aliphatic rings. The molecule has 3 rings (SSSR count). The Hall–Kier alpha value is -2.04. The van der Waals surface area contributed by atoms with Gasteiger partial charge in [-0.05, 0) is 54.8 Å². The number of nitrogens with one attached hydrogen (secondary N) is 1. The topological polar surface area (TPSA) is 42.1 Å². The minimum Gasteiger partial charge on any atom is -0.462 e. The first-order valence-electron chi connectivity index (χ1n) is 7.42. The molecule has 0 aliphatic heterocycles. The minimum absolute atomic E-state index is 0.265. The molecule has 3 aromatic rings. The van der Waals surface area contributed by atoms with Crippen molar-refractivity contribution in [3.05, 3.63) is 69.6 Å². The SMILES string of the molecule is O=C(OCCCc1c[nH]c2ccc(F)cc12)c1ccc(Cl)c(Cl)c1. The molecule has 6 heteroatoms. The number of H-pyrrole nitrogens is 1. The summed E-state index contributed by atoms with van der Waals surface area (Å²) in [6.07, 6.45) is 3.17. The van der Waals surface area contributed by atoms with Crippen molar-refractivity contribution in [1.29, 1.82) is 0 Å². The van der Waals surface area contributed by atoms with Crippen LogP contribution in [0.15, 0.2) is 42.6 Å². The van der Waals surface area contributed by atoms with Crippen LogP contribution in [0.25, 0.3) is 10.9 Å². The number of hydrogen-bond donors (Lipinski definition) is 1. The molecule has 0 saturated carbocycles. The van der Waals surface area contributed by atoms with Crippen LogP contribution in [0.1, 0.15) is 22.3 Å². The van der Waals surface area contributed by atoms with E-state index in [1.807, 2.05) is 6.20 Å². The van der Waals surface area contributed by atoms with Gasteiger partial charge in [-0.3, -0.25) is 0 Å². The molecule has 0 radical (unpaired) electrons. The summed E-state index contributed by atoms with van der Waals surface area (Å²) in [6, 6.07) is 9.23. The van der Waals surface area contributed by atoms with Gasteiger partial charge in [0.05, 0.1) is 22.2 Å². The fourth-order valence-corrected chi connectivity index (χ4v) is 2.79. The summed E-state index contributed by atoms with van der Waals surface area (Å²) in [5.41, 5.74) is 2.24. The van der Waals surface area contributed by atoms with Gasteiger partial charge in [-0.25, -0.2) is 9.18 Å². The second-order valence-corrected chi connectivity index (χ2v) is 6.19. The van der Waals surface area contributed by atoms with E-state index in [-0.39, 0.29) is 12.4 Å². The molecule has 0 spiro atoms. The number of rotatable bonds is 5. The predicted molar refractivity (Wildman–Crippen MR) is 93.3 cm³/mol. The van der Waals surface area contributed by atoms with Crippen molar-refractivity contribution in [2.75, 3.05) is 6.61 Å². The largest absolute Gasteiger partial charge is 0.462 e. The molecular formula is C18H14Cl2FNO2. The van der Waals surface area contributed by atoms with Gasteiger partial charge < -0.3 is 9.72 Å². The van der Waals surface area contributed by atoms with E-state index in [0.29, 0.717) is 28.5 Å². The van der Waals surface area contributed by atoms with Crippen molar-refractivity contribution in [1.82, 2.24) is 4.98 Å². The van der Waals surface area contributed by atoms with Crippen LogP contribution in [0.3, 0.4) is 0 Å². The average Bonchev–Trinajstić information content (AvgIpc) is 2.96. The standard InChI is InChI=1S/C18H14Cl2FNO2/c19-15-5-3-11(8-16(15)20)18(23)24-7-1-2-12-10-22-17-6-4-13(21)9-14(12)17/h3-6,8-10,22H,1-2,7H2. The van der Waals surface area contributed by atoms with E-state index < -0.39 is 5.97 Å². The van der Waals surface area contributed by atoms with Crippen molar-refractivity contribution in [2.24, 2.45) is 0 Å². The molecule has 0 saturated heterocycles. The zero-order valence-electron chi connectivity index (χ0n) is 12.6. The van der Waals surface area contributed by atoms with Gasteiger partial charge in [-0.1, -0.05) is 23.2 Å². The van der Waals surface area contributed by atoms with Crippen molar-refractivity contribution in [2.45, 2.75) is 12.8 Å². The van der Waals surface area contributed by atoms with Crippen molar-refractivity contribution in [3.8, 4) is 0 Å². The van der Waals surface area contributed by atoms with Gasteiger partial charge in [-0.15, -0.1) is 0 Å². The Morgan fingerprint density at radius 3 is 2.75 bits per heavy atom. The highest BCUT2D eigenvalue weighted by molar-refractivity contribution is 6.42. The minimum atomic E-state index is -0.446. The van der Waals surface area contributed by atoms with Crippen molar-refractivity contribution in [3.63, 3.8) is 0 Å². The molecule has 0 fully saturated rings. The van der Waals surface area contributed by atoms with Crippen LogP contribution in [0.2, 0.25) is 10.0 Å². The van der Waals surface area contributed by atoms with Crippen LogP contribution >= 0.6 is 23.2 Å². The Bertz CT molecular complexity index is 892. The lowest BCUT2D eigenvalue weighted by Crippen LogP contribution is -2.07. The first kappa shape index (κ1) is 16.8. The molecule has 0 bridgehead atoms. The summed E-state index contributed by atoms with van der Waals surface area (Å²) in [4.78, 5) is 15.0. The molecule has 124 valence electrons.